The molecule has 0 bridgehead atoms. The Morgan fingerprint density at radius 3 is 2.71 bits per heavy atom. The van der Waals surface area contributed by atoms with Crippen LogP contribution in [0.2, 0.25) is 0 Å². The predicted octanol–water partition coefficient (Wildman–Crippen LogP) is 1.86. The number of benzene rings is 1. The molecule has 1 aliphatic rings. The molecule has 8 heteroatoms. The second-order valence-electron chi connectivity index (χ2n) is 6.76. The van der Waals surface area contributed by atoms with Crippen molar-refractivity contribution in [1.29, 1.82) is 0 Å². The van der Waals surface area contributed by atoms with E-state index in [1.165, 1.54) is 0 Å². The topological polar surface area (TPSA) is 76.8 Å². The Hall–Kier alpha value is -2.45. The van der Waals surface area contributed by atoms with E-state index in [0.717, 1.165) is 63.0 Å². The summed E-state index contributed by atoms with van der Waals surface area (Å²) in [7, 11) is 3.54. The van der Waals surface area contributed by atoms with Crippen LogP contribution in [-0.2, 0) is 16.0 Å². The lowest BCUT2D eigenvalue weighted by atomic mass is 10.1. The van der Waals surface area contributed by atoms with E-state index in [9.17, 15) is 0 Å². The van der Waals surface area contributed by atoms with E-state index in [1.807, 2.05) is 41.9 Å². The van der Waals surface area contributed by atoms with E-state index >= 15 is 0 Å². The zero-order chi connectivity index (χ0) is 19.6. The molecule has 0 spiro atoms. The molecule has 1 N–H and O–H groups in total. The number of aliphatic imine (C=N–C) groups is 1. The highest BCUT2D eigenvalue weighted by atomic mass is 16.5. The lowest BCUT2D eigenvalue weighted by Gasteiger charge is -2.34. The van der Waals surface area contributed by atoms with Gasteiger partial charge >= 0.3 is 0 Å². The minimum atomic E-state index is 0.326. The number of ether oxygens (including phenoxy) is 2. The summed E-state index contributed by atoms with van der Waals surface area (Å²) < 4.78 is 13.0. The maximum Gasteiger partial charge on any atom is 0.194 e. The van der Waals surface area contributed by atoms with E-state index in [0.29, 0.717) is 12.6 Å². The van der Waals surface area contributed by atoms with Crippen molar-refractivity contribution in [2.45, 2.75) is 31.9 Å². The summed E-state index contributed by atoms with van der Waals surface area (Å²) in [5.74, 6) is 1.74. The molecule has 0 unspecified atom stereocenters. The van der Waals surface area contributed by atoms with E-state index in [1.54, 1.807) is 13.4 Å². The first kappa shape index (κ1) is 20.3. The Labute approximate surface area is 166 Å². The number of para-hydroxylation sites is 1. The van der Waals surface area contributed by atoms with Gasteiger partial charge in [-0.2, -0.15) is 0 Å². The minimum absolute atomic E-state index is 0.326. The molecule has 1 saturated heterocycles. The standard InChI is InChI=1S/C20H30N6O2/c1-21-20(25-11-9-18(10-12-25)28-14-6-13-27-2)22-15-19-24-23-16-26(19)17-7-4-3-5-8-17/h3-5,7-8,16,18H,6,9-15H2,1-2H3,(H,21,22). The molecule has 0 radical (unpaired) electrons. The lowest BCUT2D eigenvalue weighted by molar-refractivity contribution is 0.00989. The highest BCUT2D eigenvalue weighted by Crippen LogP contribution is 2.14. The number of nitrogens with one attached hydrogen (secondary N) is 1. The van der Waals surface area contributed by atoms with Gasteiger partial charge in [0.1, 0.15) is 6.33 Å². The number of rotatable bonds is 8. The minimum Gasteiger partial charge on any atom is -0.385 e. The molecule has 0 amide bonds. The average Bonchev–Trinajstić information content (AvgIpc) is 3.22. The summed E-state index contributed by atoms with van der Waals surface area (Å²) in [5, 5.41) is 11.7. The molecule has 1 aromatic heterocycles. The molecule has 2 heterocycles. The monoisotopic (exact) mass is 386 g/mol. The Morgan fingerprint density at radius 1 is 1.21 bits per heavy atom. The van der Waals surface area contributed by atoms with Gasteiger partial charge in [0, 0.05) is 46.1 Å². The summed E-state index contributed by atoms with van der Waals surface area (Å²) in [6, 6.07) is 10.1. The molecule has 1 fully saturated rings. The molecule has 0 saturated carbocycles. The van der Waals surface area contributed by atoms with Crippen molar-refractivity contribution >= 4 is 5.96 Å². The van der Waals surface area contributed by atoms with Crippen LogP contribution in [0.3, 0.4) is 0 Å². The van der Waals surface area contributed by atoms with E-state index in [2.05, 4.69) is 25.4 Å². The summed E-state index contributed by atoms with van der Waals surface area (Å²) >= 11 is 0. The smallest absolute Gasteiger partial charge is 0.194 e. The van der Waals surface area contributed by atoms with Gasteiger partial charge < -0.3 is 19.7 Å². The Morgan fingerprint density at radius 2 is 2.00 bits per heavy atom. The lowest BCUT2D eigenvalue weighted by Crippen LogP contribution is -2.47. The number of piperidine rings is 1. The fourth-order valence-corrected chi connectivity index (χ4v) is 3.36. The van der Waals surface area contributed by atoms with Gasteiger partial charge in [-0.1, -0.05) is 18.2 Å². The van der Waals surface area contributed by atoms with Crippen molar-refractivity contribution in [2.75, 3.05) is 40.5 Å². The molecule has 1 aliphatic heterocycles. The Kier molecular flexibility index (Phi) is 7.81. The summed E-state index contributed by atoms with van der Waals surface area (Å²) in [5.41, 5.74) is 1.05. The third kappa shape index (κ3) is 5.53. The van der Waals surface area contributed by atoms with Crippen LogP contribution >= 0.6 is 0 Å². The fraction of sp³-hybridized carbons (Fsp3) is 0.550. The molecule has 28 heavy (non-hydrogen) atoms. The SMILES string of the molecule is CN=C(NCc1nncn1-c1ccccc1)N1CCC(OCCCOC)CC1. The first-order chi connectivity index (χ1) is 13.8. The zero-order valence-electron chi connectivity index (χ0n) is 16.8. The Bertz CT molecular complexity index is 725. The van der Waals surface area contributed by atoms with Crippen LogP contribution < -0.4 is 5.32 Å². The first-order valence-corrected chi connectivity index (χ1v) is 9.82. The number of methoxy groups -OCH3 is 1. The number of guanidine groups is 1. The van der Waals surface area contributed by atoms with Crippen molar-refractivity contribution in [2.24, 2.45) is 4.99 Å². The van der Waals surface area contributed by atoms with Crippen molar-refractivity contribution in [3.05, 3.63) is 42.5 Å². The van der Waals surface area contributed by atoms with Gasteiger partial charge in [0.15, 0.2) is 11.8 Å². The summed E-state index contributed by atoms with van der Waals surface area (Å²) in [6.45, 7) is 3.94. The average molecular weight is 387 g/mol. The van der Waals surface area contributed by atoms with E-state index < -0.39 is 0 Å². The van der Waals surface area contributed by atoms with Crippen molar-refractivity contribution in [3.8, 4) is 5.69 Å². The van der Waals surface area contributed by atoms with Crippen LogP contribution in [0, 0.1) is 0 Å². The summed E-state index contributed by atoms with van der Waals surface area (Å²) in [6.07, 6.45) is 5.03. The maximum atomic E-state index is 5.94. The molecule has 152 valence electrons. The molecular weight excluding hydrogens is 356 g/mol. The molecule has 2 aromatic rings. The number of nitrogens with zero attached hydrogens (tertiary/aromatic N) is 5. The van der Waals surface area contributed by atoms with Gasteiger partial charge in [0.05, 0.1) is 12.6 Å². The quantitative estimate of drug-likeness (QED) is 0.424. The van der Waals surface area contributed by atoms with Gasteiger partial charge in [-0.05, 0) is 31.4 Å². The number of hydrogen-bond donors (Lipinski definition) is 1. The summed E-state index contributed by atoms with van der Waals surface area (Å²) in [4.78, 5) is 6.72. The second kappa shape index (κ2) is 10.8. The molecular formula is C20H30N6O2. The highest BCUT2D eigenvalue weighted by molar-refractivity contribution is 5.79. The third-order valence-electron chi connectivity index (χ3n) is 4.86. The van der Waals surface area contributed by atoms with Crippen LogP contribution in [0.5, 0.6) is 0 Å². The zero-order valence-corrected chi connectivity index (χ0v) is 16.8. The van der Waals surface area contributed by atoms with Crippen molar-refractivity contribution < 1.29 is 9.47 Å². The highest BCUT2D eigenvalue weighted by Gasteiger charge is 2.22. The normalized spacial score (nSPS) is 15.8. The van der Waals surface area contributed by atoms with Crippen LogP contribution in [-0.4, -0.2) is 72.2 Å². The second-order valence-corrected chi connectivity index (χ2v) is 6.76. The third-order valence-corrected chi connectivity index (χ3v) is 4.86. The van der Waals surface area contributed by atoms with Crippen molar-refractivity contribution in [1.82, 2.24) is 25.0 Å². The largest absolute Gasteiger partial charge is 0.385 e. The van der Waals surface area contributed by atoms with E-state index in [-0.39, 0.29) is 0 Å². The van der Waals surface area contributed by atoms with Crippen LogP contribution in [0.4, 0.5) is 0 Å². The number of hydrogen-bond acceptors (Lipinski definition) is 5. The fourth-order valence-electron chi connectivity index (χ4n) is 3.36. The molecule has 3 rings (SSSR count). The predicted molar refractivity (Wildman–Crippen MR) is 109 cm³/mol. The van der Waals surface area contributed by atoms with Gasteiger partial charge in [-0.15, -0.1) is 10.2 Å². The van der Waals surface area contributed by atoms with Crippen LogP contribution in [0.15, 0.2) is 41.7 Å². The maximum absolute atomic E-state index is 5.94. The van der Waals surface area contributed by atoms with Crippen LogP contribution in [0.1, 0.15) is 25.1 Å². The molecule has 0 atom stereocenters. The van der Waals surface area contributed by atoms with Gasteiger partial charge in [-0.25, -0.2) is 0 Å². The van der Waals surface area contributed by atoms with Gasteiger partial charge in [0.2, 0.25) is 0 Å². The van der Waals surface area contributed by atoms with Gasteiger partial charge in [-0.3, -0.25) is 9.56 Å². The number of aromatic nitrogens is 3. The first-order valence-electron chi connectivity index (χ1n) is 9.82. The molecule has 8 nitrogen and oxygen atoms in total. The number of likely N-dealkylation sites (tertiary alicyclic amines) is 1. The van der Waals surface area contributed by atoms with E-state index in [4.69, 9.17) is 9.47 Å². The van der Waals surface area contributed by atoms with Gasteiger partial charge in [0.25, 0.3) is 0 Å². The van der Waals surface area contributed by atoms with Crippen molar-refractivity contribution in [3.63, 3.8) is 0 Å². The Balaban J connectivity index is 1.48. The molecule has 1 aromatic carbocycles. The van der Waals surface area contributed by atoms with Crippen LogP contribution in [0.25, 0.3) is 5.69 Å². The molecule has 0 aliphatic carbocycles.